The molecule has 0 aliphatic rings. The molecule has 0 saturated heterocycles. The smallest absolute Gasteiger partial charge is 0.131 e. The van der Waals surface area contributed by atoms with Crippen LogP contribution >= 0.6 is 0 Å². The number of allylic oxidation sites excluding steroid dienone is 1. The second-order valence-electron chi connectivity index (χ2n) is 3.44. The Balaban J connectivity index is 3.02. The summed E-state index contributed by atoms with van der Waals surface area (Å²) in [6.07, 6.45) is 3.21. The van der Waals surface area contributed by atoms with Crippen LogP contribution < -0.4 is 16.0 Å². The summed E-state index contributed by atoms with van der Waals surface area (Å²) in [6, 6.07) is 4.46. The molecule has 0 aliphatic carbocycles. The molecule has 16 heavy (non-hydrogen) atoms. The molecule has 0 bridgehead atoms. The van der Waals surface area contributed by atoms with E-state index < -0.39 is 0 Å². The van der Waals surface area contributed by atoms with Crippen LogP contribution in [-0.4, -0.2) is 7.11 Å². The first-order valence-corrected chi connectivity index (χ1v) is 5.14. The van der Waals surface area contributed by atoms with Crippen molar-refractivity contribution in [3.05, 3.63) is 42.2 Å². The molecule has 1 aromatic carbocycles. The second kappa shape index (κ2) is 6.25. The summed E-state index contributed by atoms with van der Waals surface area (Å²) >= 11 is 0. The van der Waals surface area contributed by atoms with E-state index >= 15 is 0 Å². The summed E-state index contributed by atoms with van der Waals surface area (Å²) < 4.78 is 18.8. The van der Waals surface area contributed by atoms with Gasteiger partial charge in [0.05, 0.1) is 13.2 Å². The fraction of sp³-hybridized carbons (Fsp3) is 0.333. The fourth-order valence-electron chi connectivity index (χ4n) is 1.63. The number of benzene rings is 1. The Hall–Kier alpha value is -1.39. The summed E-state index contributed by atoms with van der Waals surface area (Å²) in [5, 5.41) is 0. The van der Waals surface area contributed by atoms with Gasteiger partial charge in [-0.15, -0.1) is 6.58 Å². The number of nitrogens with one attached hydrogen (secondary N) is 1. The highest BCUT2D eigenvalue weighted by Crippen LogP contribution is 2.30. The first kappa shape index (κ1) is 12.7. The molecular formula is C12H17FN2O. The van der Waals surface area contributed by atoms with Gasteiger partial charge >= 0.3 is 0 Å². The van der Waals surface area contributed by atoms with E-state index in [1.165, 1.54) is 13.2 Å². The van der Waals surface area contributed by atoms with Gasteiger partial charge in [-0.05, 0) is 25.0 Å². The topological polar surface area (TPSA) is 47.3 Å². The van der Waals surface area contributed by atoms with Crippen LogP contribution in [0.2, 0.25) is 0 Å². The number of ether oxygens (including phenoxy) is 1. The highest BCUT2D eigenvalue weighted by Gasteiger charge is 2.18. The van der Waals surface area contributed by atoms with Gasteiger partial charge in [-0.3, -0.25) is 11.3 Å². The molecule has 0 amide bonds. The predicted molar refractivity (Wildman–Crippen MR) is 62.4 cm³/mol. The molecule has 88 valence electrons. The highest BCUT2D eigenvalue weighted by molar-refractivity contribution is 5.37. The third kappa shape index (κ3) is 2.81. The molecule has 0 radical (unpaired) electrons. The number of rotatable bonds is 6. The minimum atomic E-state index is -0.314. The van der Waals surface area contributed by atoms with Gasteiger partial charge < -0.3 is 4.74 Å². The van der Waals surface area contributed by atoms with E-state index in [-0.39, 0.29) is 11.9 Å². The van der Waals surface area contributed by atoms with E-state index in [1.54, 1.807) is 18.2 Å². The third-order valence-corrected chi connectivity index (χ3v) is 2.44. The minimum absolute atomic E-state index is 0.269. The normalized spacial score (nSPS) is 12.2. The van der Waals surface area contributed by atoms with E-state index in [4.69, 9.17) is 10.6 Å². The summed E-state index contributed by atoms with van der Waals surface area (Å²) in [7, 11) is 1.51. The van der Waals surface area contributed by atoms with Gasteiger partial charge in [-0.2, -0.15) is 0 Å². The van der Waals surface area contributed by atoms with Gasteiger partial charge in [-0.25, -0.2) is 4.39 Å². The molecule has 1 unspecified atom stereocenters. The van der Waals surface area contributed by atoms with Crippen LogP contribution in [0.5, 0.6) is 5.75 Å². The van der Waals surface area contributed by atoms with Gasteiger partial charge in [0.1, 0.15) is 11.6 Å². The predicted octanol–water partition coefficient (Wildman–Crippen LogP) is 2.30. The van der Waals surface area contributed by atoms with Crippen LogP contribution in [0.3, 0.4) is 0 Å². The summed E-state index contributed by atoms with van der Waals surface area (Å²) in [6.45, 7) is 3.63. The maximum absolute atomic E-state index is 13.7. The molecule has 1 atom stereocenters. The molecule has 0 saturated carbocycles. The maximum Gasteiger partial charge on any atom is 0.131 e. The summed E-state index contributed by atoms with van der Waals surface area (Å²) in [4.78, 5) is 0. The monoisotopic (exact) mass is 224 g/mol. The average Bonchev–Trinajstić information content (AvgIpc) is 2.31. The molecule has 0 spiro atoms. The van der Waals surface area contributed by atoms with Gasteiger partial charge in [0.15, 0.2) is 0 Å². The van der Waals surface area contributed by atoms with Crippen LogP contribution in [0.4, 0.5) is 4.39 Å². The quantitative estimate of drug-likeness (QED) is 0.443. The van der Waals surface area contributed by atoms with E-state index in [0.717, 1.165) is 6.42 Å². The van der Waals surface area contributed by atoms with Crippen LogP contribution in [0.1, 0.15) is 24.4 Å². The Morgan fingerprint density at radius 2 is 2.38 bits per heavy atom. The summed E-state index contributed by atoms with van der Waals surface area (Å²) in [5.74, 6) is 5.62. The zero-order chi connectivity index (χ0) is 12.0. The Kier molecular flexibility index (Phi) is 4.95. The first-order valence-electron chi connectivity index (χ1n) is 5.14. The maximum atomic E-state index is 13.7. The van der Waals surface area contributed by atoms with Crippen molar-refractivity contribution in [2.75, 3.05) is 7.11 Å². The van der Waals surface area contributed by atoms with Crippen molar-refractivity contribution < 1.29 is 9.13 Å². The lowest BCUT2D eigenvalue weighted by atomic mass is 10.0. The molecule has 3 nitrogen and oxygen atoms in total. The van der Waals surface area contributed by atoms with Crippen molar-refractivity contribution >= 4 is 0 Å². The zero-order valence-electron chi connectivity index (χ0n) is 9.37. The fourth-order valence-corrected chi connectivity index (χ4v) is 1.63. The van der Waals surface area contributed by atoms with Crippen molar-refractivity contribution in [2.24, 2.45) is 5.84 Å². The number of hydrogen-bond donors (Lipinski definition) is 2. The van der Waals surface area contributed by atoms with Gasteiger partial charge in [0, 0.05) is 5.56 Å². The molecule has 1 aromatic rings. The highest BCUT2D eigenvalue weighted by atomic mass is 19.1. The summed E-state index contributed by atoms with van der Waals surface area (Å²) in [5.41, 5.74) is 3.07. The van der Waals surface area contributed by atoms with Gasteiger partial charge in [0.2, 0.25) is 0 Å². The number of nitrogens with two attached hydrogens (primary N) is 1. The van der Waals surface area contributed by atoms with Crippen molar-refractivity contribution in [3.8, 4) is 5.75 Å². The van der Waals surface area contributed by atoms with E-state index in [1.807, 2.05) is 0 Å². The van der Waals surface area contributed by atoms with Gasteiger partial charge in [0.25, 0.3) is 0 Å². The lowest BCUT2D eigenvalue weighted by molar-refractivity contribution is 0.387. The van der Waals surface area contributed by atoms with Crippen LogP contribution in [0.25, 0.3) is 0 Å². The molecule has 0 heterocycles. The van der Waals surface area contributed by atoms with Crippen molar-refractivity contribution in [1.82, 2.24) is 5.43 Å². The lowest BCUT2D eigenvalue weighted by Gasteiger charge is -2.19. The molecule has 4 heteroatoms. The molecular weight excluding hydrogens is 207 g/mol. The van der Waals surface area contributed by atoms with Crippen molar-refractivity contribution in [1.29, 1.82) is 0 Å². The molecule has 3 N–H and O–H groups in total. The molecule has 0 fully saturated rings. The van der Waals surface area contributed by atoms with Crippen molar-refractivity contribution in [3.63, 3.8) is 0 Å². The van der Waals surface area contributed by atoms with E-state index in [0.29, 0.717) is 17.7 Å². The number of hydrogen-bond acceptors (Lipinski definition) is 3. The Bertz CT molecular complexity index is 355. The SMILES string of the molecule is C=CCCC(NN)c1c(F)cccc1OC. The number of hydrazine groups is 1. The Morgan fingerprint density at radius 1 is 1.62 bits per heavy atom. The standard InChI is InChI=1S/C12H17FN2O/c1-3-4-7-10(15-14)12-9(13)6-5-8-11(12)16-2/h3,5-6,8,10,15H,1,4,7,14H2,2H3. The van der Waals surface area contributed by atoms with E-state index in [2.05, 4.69) is 12.0 Å². The van der Waals surface area contributed by atoms with Gasteiger partial charge in [-0.1, -0.05) is 12.1 Å². The third-order valence-electron chi connectivity index (χ3n) is 2.44. The van der Waals surface area contributed by atoms with Crippen LogP contribution in [-0.2, 0) is 0 Å². The average molecular weight is 224 g/mol. The number of methoxy groups -OCH3 is 1. The zero-order valence-corrected chi connectivity index (χ0v) is 9.37. The van der Waals surface area contributed by atoms with Crippen molar-refractivity contribution in [2.45, 2.75) is 18.9 Å². The van der Waals surface area contributed by atoms with E-state index in [9.17, 15) is 4.39 Å². The minimum Gasteiger partial charge on any atom is -0.496 e. The molecule has 0 aromatic heterocycles. The van der Waals surface area contributed by atoms with Crippen LogP contribution in [0.15, 0.2) is 30.9 Å². The Morgan fingerprint density at radius 3 is 2.94 bits per heavy atom. The lowest BCUT2D eigenvalue weighted by Crippen LogP contribution is -2.29. The first-order chi connectivity index (χ1) is 7.74. The van der Waals surface area contributed by atoms with Crippen LogP contribution in [0, 0.1) is 5.82 Å². The molecule has 0 aliphatic heterocycles. The Labute approximate surface area is 95.1 Å². The molecule has 1 rings (SSSR count). The second-order valence-corrected chi connectivity index (χ2v) is 3.44. The largest absolute Gasteiger partial charge is 0.496 e. The number of halogens is 1.